The molecule has 0 N–H and O–H groups in total. The van der Waals surface area contributed by atoms with E-state index in [1.165, 1.54) is 11.3 Å². The topological polar surface area (TPSA) is 34.4 Å². The van der Waals surface area contributed by atoms with Crippen molar-refractivity contribution < 1.29 is 4.79 Å². The lowest BCUT2D eigenvalue weighted by molar-refractivity contribution is 0.102. The van der Waals surface area contributed by atoms with Gasteiger partial charge in [0.1, 0.15) is 0 Å². The second-order valence-corrected chi connectivity index (χ2v) is 5.77. The average Bonchev–Trinajstić information content (AvgIpc) is 2.90. The molecule has 0 aliphatic heterocycles. The fraction of sp³-hybridized carbons (Fsp3) is 0.143. The standard InChI is InChI=1S/C14H11ClN2OS/c1-8-13(9(2)18)19-14-16-12(7-17(8)14)10-3-5-11(15)6-4-10/h3-7H,1-2H3. The second kappa shape index (κ2) is 4.47. The maximum Gasteiger partial charge on any atom is 0.195 e. The van der Waals surface area contributed by atoms with E-state index in [-0.39, 0.29) is 5.78 Å². The highest BCUT2D eigenvalue weighted by atomic mass is 35.5. The smallest absolute Gasteiger partial charge is 0.195 e. The maximum atomic E-state index is 11.5. The Labute approximate surface area is 119 Å². The molecule has 2 heterocycles. The summed E-state index contributed by atoms with van der Waals surface area (Å²) in [4.78, 5) is 17.7. The Hall–Kier alpha value is -1.65. The van der Waals surface area contributed by atoms with E-state index in [1.807, 2.05) is 41.8 Å². The number of ketones is 1. The van der Waals surface area contributed by atoms with E-state index in [4.69, 9.17) is 11.6 Å². The molecule has 0 amide bonds. The van der Waals surface area contributed by atoms with Crippen molar-refractivity contribution in [3.05, 3.63) is 46.1 Å². The number of carbonyl (C=O) groups is 1. The minimum Gasteiger partial charge on any atom is -0.294 e. The molecular formula is C14H11ClN2OS. The quantitative estimate of drug-likeness (QED) is 0.662. The van der Waals surface area contributed by atoms with E-state index >= 15 is 0 Å². The van der Waals surface area contributed by atoms with Crippen molar-refractivity contribution in [1.29, 1.82) is 0 Å². The summed E-state index contributed by atoms with van der Waals surface area (Å²) >= 11 is 7.30. The second-order valence-electron chi connectivity index (χ2n) is 4.36. The SMILES string of the molecule is CC(=O)c1sc2nc(-c3ccc(Cl)cc3)cn2c1C. The number of aryl methyl sites for hydroxylation is 1. The van der Waals surface area contributed by atoms with Crippen LogP contribution in [0.1, 0.15) is 22.3 Å². The zero-order valence-corrected chi connectivity index (χ0v) is 12.0. The lowest BCUT2D eigenvalue weighted by atomic mass is 10.2. The van der Waals surface area contributed by atoms with Crippen LogP contribution < -0.4 is 0 Å². The zero-order valence-electron chi connectivity index (χ0n) is 10.5. The third-order valence-corrected chi connectivity index (χ3v) is 4.53. The zero-order chi connectivity index (χ0) is 13.6. The van der Waals surface area contributed by atoms with Crippen LogP contribution in [0, 0.1) is 6.92 Å². The molecule has 0 unspecified atom stereocenters. The highest BCUT2D eigenvalue weighted by Gasteiger charge is 2.15. The van der Waals surface area contributed by atoms with E-state index in [2.05, 4.69) is 4.98 Å². The summed E-state index contributed by atoms with van der Waals surface area (Å²) < 4.78 is 1.96. The van der Waals surface area contributed by atoms with Gasteiger partial charge in [-0.15, -0.1) is 0 Å². The first-order chi connectivity index (χ1) is 9.06. The van der Waals surface area contributed by atoms with E-state index in [1.54, 1.807) is 6.92 Å². The molecular weight excluding hydrogens is 280 g/mol. The first-order valence-electron chi connectivity index (χ1n) is 5.81. The van der Waals surface area contributed by atoms with Crippen molar-refractivity contribution in [1.82, 2.24) is 9.38 Å². The Balaban J connectivity index is 2.13. The van der Waals surface area contributed by atoms with Gasteiger partial charge in [-0.3, -0.25) is 9.20 Å². The van der Waals surface area contributed by atoms with Gasteiger partial charge in [0.15, 0.2) is 10.7 Å². The molecule has 0 saturated heterocycles. The lowest BCUT2D eigenvalue weighted by Crippen LogP contribution is -1.92. The van der Waals surface area contributed by atoms with Crippen LogP contribution in [0.4, 0.5) is 0 Å². The number of Topliss-reactive ketones (excluding diaryl/α,β-unsaturated/α-hetero) is 1. The molecule has 0 fully saturated rings. The number of imidazole rings is 1. The van der Waals surface area contributed by atoms with Gasteiger partial charge >= 0.3 is 0 Å². The van der Waals surface area contributed by atoms with E-state index < -0.39 is 0 Å². The van der Waals surface area contributed by atoms with Gasteiger partial charge in [0.05, 0.1) is 10.6 Å². The number of fused-ring (bicyclic) bond motifs is 1. The number of hydrogen-bond acceptors (Lipinski definition) is 3. The summed E-state index contributed by atoms with van der Waals surface area (Å²) in [5.41, 5.74) is 2.85. The van der Waals surface area contributed by atoms with Gasteiger partial charge in [-0.25, -0.2) is 4.98 Å². The number of halogens is 1. The van der Waals surface area contributed by atoms with Crippen LogP contribution in [0.15, 0.2) is 30.5 Å². The largest absolute Gasteiger partial charge is 0.294 e. The van der Waals surface area contributed by atoms with Gasteiger partial charge < -0.3 is 0 Å². The number of nitrogens with zero attached hydrogens (tertiary/aromatic N) is 2. The summed E-state index contributed by atoms with van der Waals surface area (Å²) in [5.74, 6) is 0.0843. The highest BCUT2D eigenvalue weighted by Crippen LogP contribution is 2.27. The summed E-state index contributed by atoms with van der Waals surface area (Å²) in [6, 6.07) is 7.57. The lowest BCUT2D eigenvalue weighted by Gasteiger charge is -1.96. The predicted molar refractivity (Wildman–Crippen MR) is 78.3 cm³/mol. The maximum absolute atomic E-state index is 11.5. The minimum absolute atomic E-state index is 0.0843. The van der Waals surface area contributed by atoms with Gasteiger partial charge in [0.2, 0.25) is 0 Å². The van der Waals surface area contributed by atoms with E-state index in [0.717, 1.165) is 26.8 Å². The number of thiazole rings is 1. The van der Waals surface area contributed by atoms with Crippen LogP contribution in [0.25, 0.3) is 16.2 Å². The third kappa shape index (κ3) is 2.07. The van der Waals surface area contributed by atoms with Crippen LogP contribution in [0.2, 0.25) is 5.02 Å². The molecule has 0 atom stereocenters. The summed E-state index contributed by atoms with van der Waals surface area (Å²) in [7, 11) is 0. The normalized spacial score (nSPS) is 11.1. The number of carbonyl (C=O) groups excluding carboxylic acids is 1. The van der Waals surface area contributed by atoms with Gasteiger partial charge in [-0.1, -0.05) is 35.1 Å². The molecule has 0 bridgehead atoms. The summed E-state index contributed by atoms with van der Waals surface area (Å²) in [6.45, 7) is 3.52. The molecule has 0 saturated carbocycles. The Bertz CT molecular complexity index is 771. The molecule has 19 heavy (non-hydrogen) atoms. The monoisotopic (exact) mass is 290 g/mol. The Morgan fingerprint density at radius 3 is 2.58 bits per heavy atom. The first kappa shape index (κ1) is 12.4. The van der Waals surface area contributed by atoms with Crippen LogP contribution in [0.3, 0.4) is 0 Å². The van der Waals surface area contributed by atoms with Crippen molar-refractivity contribution in [2.24, 2.45) is 0 Å². The fourth-order valence-corrected chi connectivity index (χ4v) is 3.17. The third-order valence-electron chi connectivity index (χ3n) is 3.02. The van der Waals surface area contributed by atoms with Crippen molar-refractivity contribution in [3.8, 4) is 11.3 Å². The molecule has 0 aliphatic carbocycles. The molecule has 1 aromatic carbocycles. The number of hydrogen-bond donors (Lipinski definition) is 0. The van der Waals surface area contributed by atoms with Gasteiger partial charge in [-0.2, -0.15) is 0 Å². The summed E-state index contributed by atoms with van der Waals surface area (Å²) in [5, 5.41) is 0.708. The number of benzene rings is 1. The molecule has 3 nitrogen and oxygen atoms in total. The molecule has 0 radical (unpaired) electrons. The fourth-order valence-electron chi connectivity index (χ4n) is 2.04. The van der Waals surface area contributed by atoms with Gasteiger partial charge in [0, 0.05) is 29.4 Å². The summed E-state index contributed by atoms with van der Waals surface area (Å²) in [6.07, 6.45) is 1.96. The van der Waals surface area contributed by atoms with Gasteiger partial charge in [-0.05, 0) is 19.1 Å². The number of aromatic nitrogens is 2. The number of rotatable bonds is 2. The van der Waals surface area contributed by atoms with Crippen LogP contribution >= 0.6 is 22.9 Å². The van der Waals surface area contributed by atoms with Crippen molar-refractivity contribution in [2.75, 3.05) is 0 Å². The highest BCUT2D eigenvalue weighted by molar-refractivity contribution is 7.19. The first-order valence-corrected chi connectivity index (χ1v) is 7.01. The van der Waals surface area contributed by atoms with E-state index in [9.17, 15) is 4.79 Å². The van der Waals surface area contributed by atoms with Crippen LogP contribution in [0.5, 0.6) is 0 Å². The molecule has 3 rings (SSSR count). The van der Waals surface area contributed by atoms with Gasteiger partial charge in [0.25, 0.3) is 0 Å². The average molecular weight is 291 g/mol. The van der Waals surface area contributed by atoms with Crippen molar-refractivity contribution >= 4 is 33.7 Å². The predicted octanol–water partition coefficient (Wildman–Crippen LogP) is 4.23. The molecule has 0 aliphatic rings. The minimum atomic E-state index is 0.0843. The Kier molecular flexibility index (Phi) is 2.92. The van der Waals surface area contributed by atoms with Crippen molar-refractivity contribution in [3.63, 3.8) is 0 Å². The van der Waals surface area contributed by atoms with Crippen molar-refractivity contribution in [2.45, 2.75) is 13.8 Å². The molecule has 96 valence electrons. The molecule has 2 aromatic heterocycles. The Morgan fingerprint density at radius 2 is 2.00 bits per heavy atom. The van der Waals surface area contributed by atoms with Crippen LogP contribution in [-0.2, 0) is 0 Å². The molecule has 3 aromatic rings. The Morgan fingerprint density at radius 1 is 1.32 bits per heavy atom. The van der Waals surface area contributed by atoms with Crippen LogP contribution in [-0.4, -0.2) is 15.2 Å². The van der Waals surface area contributed by atoms with E-state index in [0.29, 0.717) is 5.02 Å². The molecule has 5 heteroatoms. The molecule has 0 spiro atoms.